The van der Waals surface area contributed by atoms with Gasteiger partial charge < -0.3 is 9.80 Å². The fourth-order valence-electron chi connectivity index (χ4n) is 6.31. The molecular formula is C36H43F2N5O. The number of nitrogens with zero attached hydrogens (tertiary/aromatic N) is 5. The monoisotopic (exact) mass is 599 g/mol. The predicted molar refractivity (Wildman–Crippen MR) is 171 cm³/mol. The molecule has 2 aliphatic rings. The van der Waals surface area contributed by atoms with Crippen LogP contribution in [0.5, 0.6) is 0 Å². The molecule has 0 N–H and O–H groups in total. The van der Waals surface area contributed by atoms with E-state index in [0.29, 0.717) is 47.7 Å². The number of rotatable bonds is 9. The summed E-state index contributed by atoms with van der Waals surface area (Å²) in [4.78, 5) is 22.6. The van der Waals surface area contributed by atoms with Gasteiger partial charge in [0.1, 0.15) is 18.2 Å². The van der Waals surface area contributed by atoms with Crippen molar-refractivity contribution in [1.82, 2.24) is 24.6 Å². The number of benzene rings is 2. The largest absolute Gasteiger partial charge is 0.368 e. The Labute approximate surface area is 259 Å². The molecule has 0 bridgehead atoms. The maximum Gasteiger partial charge on any atom is 0.244 e. The highest BCUT2D eigenvalue weighted by molar-refractivity contribution is 5.77. The summed E-state index contributed by atoms with van der Waals surface area (Å²) in [5.74, 6) is 1.17. The van der Waals surface area contributed by atoms with Gasteiger partial charge in [0, 0.05) is 43.0 Å². The van der Waals surface area contributed by atoms with Crippen molar-refractivity contribution in [3.63, 3.8) is 0 Å². The number of carbonyl (C=O) groups excluding carboxylic acids is 1. The Morgan fingerprint density at radius 2 is 1.48 bits per heavy atom. The average molecular weight is 600 g/mol. The van der Waals surface area contributed by atoms with E-state index in [1.165, 1.54) is 41.1 Å². The van der Waals surface area contributed by atoms with Crippen LogP contribution in [-0.4, -0.2) is 56.7 Å². The van der Waals surface area contributed by atoms with Gasteiger partial charge in [-0.2, -0.15) is 0 Å². The van der Waals surface area contributed by atoms with Crippen LogP contribution in [0.15, 0.2) is 83.6 Å². The van der Waals surface area contributed by atoms with Gasteiger partial charge in [0.25, 0.3) is 0 Å². The molecule has 2 aromatic carbocycles. The quantitative estimate of drug-likeness (QED) is 0.254. The number of piperazine rings is 1. The van der Waals surface area contributed by atoms with Gasteiger partial charge in [-0.25, -0.2) is 18.4 Å². The number of carbonyl (C=O) groups is 1. The lowest BCUT2D eigenvalue weighted by Gasteiger charge is -2.38. The molecule has 1 aliphatic heterocycles. The zero-order valence-corrected chi connectivity index (χ0v) is 26.3. The molecule has 1 atom stereocenters. The van der Waals surface area contributed by atoms with Crippen molar-refractivity contribution in [2.75, 3.05) is 26.2 Å². The molecule has 2 heterocycles. The van der Waals surface area contributed by atoms with Crippen LogP contribution in [0.25, 0.3) is 22.8 Å². The van der Waals surface area contributed by atoms with Gasteiger partial charge in [-0.15, -0.1) is 5.10 Å². The number of allylic oxidation sites excluding steroid dienone is 5. The number of halogens is 2. The molecule has 0 radical (unpaired) electrons. The van der Waals surface area contributed by atoms with Crippen LogP contribution >= 0.6 is 0 Å². The Morgan fingerprint density at radius 3 is 2.07 bits per heavy atom. The lowest BCUT2D eigenvalue weighted by molar-refractivity contribution is -0.133. The summed E-state index contributed by atoms with van der Waals surface area (Å²) < 4.78 is 28.8. The van der Waals surface area contributed by atoms with Crippen LogP contribution in [-0.2, 0) is 11.3 Å². The smallest absolute Gasteiger partial charge is 0.244 e. The molecule has 8 heteroatoms. The van der Waals surface area contributed by atoms with Gasteiger partial charge in [0.2, 0.25) is 5.91 Å². The number of hydrogen-bond acceptors (Lipinski definition) is 4. The topological polar surface area (TPSA) is 54.3 Å². The molecule has 5 rings (SSSR count). The fourth-order valence-corrected chi connectivity index (χ4v) is 6.31. The number of aromatic nitrogens is 3. The van der Waals surface area contributed by atoms with Crippen molar-refractivity contribution in [3.05, 3.63) is 95.2 Å². The minimum Gasteiger partial charge on any atom is -0.368 e. The maximum atomic E-state index is 13.7. The van der Waals surface area contributed by atoms with E-state index in [1.807, 2.05) is 4.90 Å². The van der Waals surface area contributed by atoms with Gasteiger partial charge >= 0.3 is 0 Å². The first-order valence-corrected chi connectivity index (χ1v) is 15.9. The Bertz CT molecular complexity index is 1530. The van der Waals surface area contributed by atoms with Crippen molar-refractivity contribution in [2.45, 2.75) is 59.9 Å². The summed E-state index contributed by atoms with van der Waals surface area (Å²) in [6.07, 6.45) is 11.4. The van der Waals surface area contributed by atoms with E-state index in [9.17, 15) is 13.6 Å². The van der Waals surface area contributed by atoms with Gasteiger partial charge in [-0.05, 0) is 103 Å². The fraction of sp³-hybridized carbons (Fsp3) is 0.417. The number of hydrogen-bond donors (Lipinski definition) is 0. The first-order valence-electron chi connectivity index (χ1n) is 15.9. The van der Waals surface area contributed by atoms with Crippen LogP contribution < -0.4 is 0 Å². The van der Waals surface area contributed by atoms with E-state index in [0.717, 1.165) is 38.8 Å². The summed E-state index contributed by atoms with van der Waals surface area (Å²) in [6.45, 7) is 11.9. The van der Waals surface area contributed by atoms with Gasteiger partial charge in [0.15, 0.2) is 11.6 Å². The Balaban J connectivity index is 1.32. The lowest BCUT2D eigenvalue weighted by Crippen LogP contribution is -2.49. The van der Waals surface area contributed by atoms with E-state index in [-0.39, 0.29) is 24.1 Å². The molecule has 1 saturated heterocycles. The summed E-state index contributed by atoms with van der Waals surface area (Å²) in [5.41, 5.74) is 5.49. The molecule has 0 spiro atoms. The number of amides is 1. The third-order valence-electron chi connectivity index (χ3n) is 8.77. The summed E-state index contributed by atoms with van der Waals surface area (Å²) in [6, 6.07) is 11.9. The van der Waals surface area contributed by atoms with Crippen molar-refractivity contribution in [2.24, 2.45) is 11.8 Å². The third kappa shape index (κ3) is 7.17. The van der Waals surface area contributed by atoms with Crippen molar-refractivity contribution in [1.29, 1.82) is 0 Å². The molecule has 1 fully saturated rings. The van der Waals surface area contributed by atoms with E-state index in [2.05, 4.69) is 60.9 Å². The minimum absolute atomic E-state index is 0.00484. The van der Waals surface area contributed by atoms with Crippen molar-refractivity contribution >= 4 is 5.91 Å². The van der Waals surface area contributed by atoms with Gasteiger partial charge in [-0.1, -0.05) is 39.8 Å². The second kappa shape index (κ2) is 14.1. The van der Waals surface area contributed by atoms with Crippen LogP contribution in [0.2, 0.25) is 0 Å². The second-order valence-electron chi connectivity index (χ2n) is 11.9. The first-order chi connectivity index (χ1) is 21.3. The molecule has 0 saturated carbocycles. The molecule has 1 aromatic heterocycles. The zero-order chi connectivity index (χ0) is 31.2. The Kier molecular flexibility index (Phi) is 10.1. The zero-order valence-electron chi connectivity index (χ0n) is 26.3. The minimum atomic E-state index is -0.356. The van der Waals surface area contributed by atoms with E-state index in [4.69, 9.17) is 0 Å². The van der Waals surface area contributed by atoms with Gasteiger partial charge in [0.05, 0.1) is 0 Å². The first kappa shape index (κ1) is 31.4. The van der Waals surface area contributed by atoms with Crippen LogP contribution in [0.4, 0.5) is 8.78 Å². The molecule has 232 valence electrons. The standard InChI is InChI=1S/C36H43F2N5O/c1-5-26-9-7-8-10-31(23-33(26)32(6-2)25(3)4)41-19-21-42(22-20-41)34(44)24-43-36(28-13-17-30(38)18-14-28)39-35(40-43)27-11-15-29(37)16-12-27/h9-18,23,25,32H,5-8,19-22,24H2,1-4H3. The van der Waals surface area contributed by atoms with E-state index < -0.39 is 0 Å². The Morgan fingerprint density at radius 1 is 0.864 bits per heavy atom. The molecule has 6 nitrogen and oxygen atoms in total. The molecule has 44 heavy (non-hydrogen) atoms. The predicted octanol–water partition coefficient (Wildman–Crippen LogP) is 7.66. The van der Waals surface area contributed by atoms with Gasteiger partial charge in [-0.3, -0.25) is 4.79 Å². The average Bonchev–Trinajstić information content (AvgIpc) is 3.43. The molecular weight excluding hydrogens is 556 g/mol. The third-order valence-corrected chi connectivity index (χ3v) is 8.77. The van der Waals surface area contributed by atoms with E-state index in [1.54, 1.807) is 28.9 Å². The maximum absolute atomic E-state index is 13.7. The van der Waals surface area contributed by atoms with Crippen molar-refractivity contribution in [3.8, 4) is 22.8 Å². The highest BCUT2D eigenvalue weighted by Gasteiger charge is 2.26. The second-order valence-corrected chi connectivity index (χ2v) is 11.9. The highest BCUT2D eigenvalue weighted by Crippen LogP contribution is 2.34. The lowest BCUT2D eigenvalue weighted by atomic mass is 9.80. The molecule has 3 aromatic rings. The molecule has 1 amide bonds. The summed E-state index contributed by atoms with van der Waals surface area (Å²) in [7, 11) is 0. The van der Waals surface area contributed by atoms with E-state index >= 15 is 0 Å². The van der Waals surface area contributed by atoms with Crippen LogP contribution in [0.3, 0.4) is 0 Å². The Hall–Kier alpha value is -4.07. The van der Waals surface area contributed by atoms with Crippen molar-refractivity contribution < 1.29 is 13.6 Å². The normalized spacial score (nSPS) is 16.7. The molecule has 1 aliphatic carbocycles. The highest BCUT2D eigenvalue weighted by atomic mass is 19.1. The van der Waals surface area contributed by atoms with Crippen LogP contribution in [0, 0.1) is 23.5 Å². The van der Waals surface area contributed by atoms with Crippen LogP contribution in [0.1, 0.15) is 53.4 Å². The molecule has 1 unspecified atom stereocenters. The summed E-state index contributed by atoms with van der Waals surface area (Å²) >= 11 is 0. The SMILES string of the molecule is CCC1=CCCC=C(N2CCN(C(=O)Cn3nc(-c4ccc(F)cc4)nc3-c3ccc(F)cc3)CC2)C=C1C(CC)C(C)C. The summed E-state index contributed by atoms with van der Waals surface area (Å²) in [5, 5.41) is 4.62.